The molecule has 0 aliphatic heterocycles. The molecule has 168 valence electrons. The van der Waals surface area contributed by atoms with Crippen LogP contribution in [0.25, 0.3) is 0 Å². The summed E-state index contributed by atoms with van der Waals surface area (Å²) in [4.78, 5) is 4.11. The molecule has 0 aliphatic carbocycles. The third kappa shape index (κ3) is 5.98. The van der Waals surface area contributed by atoms with E-state index < -0.39 is 0 Å². The standard InChI is InChI=1S/C28H28N2O3/c1-29(2)21-5-9-23(10-6-21)31-25-13-17-27(18-14-25)33-28-19-15-26(16-20-28)32-24-11-7-22(8-12-24)30(3)4/h5-20H,1-4H3. The third-order valence-corrected chi connectivity index (χ3v) is 5.06. The highest BCUT2D eigenvalue weighted by Gasteiger charge is 2.03. The van der Waals surface area contributed by atoms with Crippen LogP contribution in [0.5, 0.6) is 34.5 Å². The first-order valence-electron chi connectivity index (χ1n) is 10.7. The van der Waals surface area contributed by atoms with Crippen LogP contribution in [-0.2, 0) is 0 Å². The van der Waals surface area contributed by atoms with Gasteiger partial charge in [0.05, 0.1) is 0 Å². The monoisotopic (exact) mass is 440 g/mol. The van der Waals surface area contributed by atoms with Crippen LogP contribution in [-0.4, -0.2) is 28.2 Å². The first-order chi connectivity index (χ1) is 16.0. The van der Waals surface area contributed by atoms with Gasteiger partial charge in [-0.25, -0.2) is 0 Å². The molecule has 0 radical (unpaired) electrons. The maximum Gasteiger partial charge on any atom is 0.127 e. The highest BCUT2D eigenvalue weighted by molar-refractivity contribution is 5.49. The molecule has 0 bridgehead atoms. The van der Waals surface area contributed by atoms with Crippen molar-refractivity contribution in [3.63, 3.8) is 0 Å². The fourth-order valence-corrected chi connectivity index (χ4v) is 3.18. The average molecular weight is 441 g/mol. The normalized spacial score (nSPS) is 10.4. The number of benzene rings is 4. The lowest BCUT2D eigenvalue weighted by atomic mass is 10.2. The van der Waals surface area contributed by atoms with Gasteiger partial charge in [0.25, 0.3) is 0 Å². The summed E-state index contributed by atoms with van der Waals surface area (Å²) in [6, 6.07) is 31.1. The number of rotatable bonds is 8. The van der Waals surface area contributed by atoms with Crippen LogP contribution in [0.4, 0.5) is 11.4 Å². The molecule has 4 aromatic carbocycles. The molecule has 4 aromatic rings. The average Bonchev–Trinajstić information content (AvgIpc) is 2.82. The van der Waals surface area contributed by atoms with Crippen molar-refractivity contribution in [2.24, 2.45) is 0 Å². The third-order valence-electron chi connectivity index (χ3n) is 5.06. The Hall–Kier alpha value is -4.12. The van der Waals surface area contributed by atoms with Crippen molar-refractivity contribution >= 4 is 11.4 Å². The Kier molecular flexibility index (Phi) is 6.69. The minimum atomic E-state index is 0.734. The van der Waals surface area contributed by atoms with Gasteiger partial charge in [0.1, 0.15) is 34.5 Å². The number of hydrogen-bond acceptors (Lipinski definition) is 5. The Balaban J connectivity index is 1.33. The van der Waals surface area contributed by atoms with E-state index >= 15 is 0 Å². The van der Waals surface area contributed by atoms with E-state index in [0.29, 0.717) is 0 Å². The number of ether oxygens (including phenoxy) is 3. The van der Waals surface area contributed by atoms with Gasteiger partial charge in [-0.3, -0.25) is 0 Å². The molecule has 5 nitrogen and oxygen atoms in total. The van der Waals surface area contributed by atoms with Gasteiger partial charge < -0.3 is 24.0 Å². The van der Waals surface area contributed by atoms with Crippen molar-refractivity contribution in [3.05, 3.63) is 97.1 Å². The van der Waals surface area contributed by atoms with E-state index in [1.165, 1.54) is 0 Å². The van der Waals surface area contributed by atoms with Gasteiger partial charge in [0, 0.05) is 39.6 Å². The summed E-state index contributed by atoms with van der Waals surface area (Å²) in [6.45, 7) is 0. The second-order valence-electron chi connectivity index (χ2n) is 8.03. The molecule has 0 atom stereocenters. The van der Waals surface area contributed by atoms with E-state index in [2.05, 4.69) is 9.80 Å². The smallest absolute Gasteiger partial charge is 0.127 e. The molecule has 5 heteroatoms. The van der Waals surface area contributed by atoms with E-state index in [1.807, 2.05) is 125 Å². The number of hydrogen-bond donors (Lipinski definition) is 0. The zero-order valence-electron chi connectivity index (χ0n) is 19.4. The molecular weight excluding hydrogens is 412 g/mol. The summed E-state index contributed by atoms with van der Waals surface area (Å²) in [7, 11) is 8.05. The fraction of sp³-hybridized carbons (Fsp3) is 0.143. The van der Waals surface area contributed by atoms with Crippen LogP contribution in [0, 0.1) is 0 Å². The van der Waals surface area contributed by atoms with E-state index in [1.54, 1.807) is 0 Å². The molecule has 0 aromatic heterocycles. The summed E-state index contributed by atoms with van der Waals surface area (Å²) < 4.78 is 17.8. The predicted octanol–water partition coefficient (Wildman–Crippen LogP) is 7.20. The zero-order valence-corrected chi connectivity index (χ0v) is 19.4. The van der Waals surface area contributed by atoms with Gasteiger partial charge in [-0.1, -0.05) is 0 Å². The Labute approximate surface area is 195 Å². The summed E-state index contributed by atoms with van der Waals surface area (Å²) in [5, 5.41) is 0. The molecular formula is C28H28N2O3. The van der Waals surface area contributed by atoms with Crippen molar-refractivity contribution in [3.8, 4) is 34.5 Å². The minimum absolute atomic E-state index is 0.734. The molecule has 0 saturated carbocycles. The van der Waals surface area contributed by atoms with Gasteiger partial charge in [0.2, 0.25) is 0 Å². The first kappa shape index (κ1) is 22.1. The molecule has 0 unspecified atom stereocenters. The highest BCUT2D eigenvalue weighted by Crippen LogP contribution is 2.30. The van der Waals surface area contributed by atoms with E-state index in [-0.39, 0.29) is 0 Å². The lowest BCUT2D eigenvalue weighted by molar-refractivity contribution is 0.464. The summed E-state index contributed by atoms with van der Waals surface area (Å²) >= 11 is 0. The lowest BCUT2D eigenvalue weighted by Crippen LogP contribution is -2.07. The lowest BCUT2D eigenvalue weighted by Gasteiger charge is -2.13. The van der Waals surface area contributed by atoms with Crippen molar-refractivity contribution < 1.29 is 14.2 Å². The van der Waals surface area contributed by atoms with E-state index in [0.717, 1.165) is 45.9 Å². The van der Waals surface area contributed by atoms with Crippen molar-refractivity contribution in [2.45, 2.75) is 0 Å². The zero-order chi connectivity index (χ0) is 23.2. The molecule has 0 spiro atoms. The molecule has 0 saturated heterocycles. The predicted molar refractivity (Wildman–Crippen MR) is 135 cm³/mol. The Bertz CT molecular complexity index is 1060. The van der Waals surface area contributed by atoms with Crippen LogP contribution < -0.4 is 24.0 Å². The van der Waals surface area contributed by atoms with Crippen LogP contribution in [0.2, 0.25) is 0 Å². The first-order valence-corrected chi connectivity index (χ1v) is 10.7. The molecule has 0 heterocycles. The van der Waals surface area contributed by atoms with Gasteiger partial charge in [-0.2, -0.15) is 0 Å². The Morgan fingerprint density at radius 2 is 0.515 bits per heavy atom. The highest BCUT2D eigenvalue weighted by atomic mass is 16.5. The molecule has 0 aliphatic rings. The summed E-state index contributed by atoms with van der Waals surface area (Å²) in [6.07, 6.45) is 0. The van der Waals surface area contributed by atoms with E-state index in [4.69, 9.17) is 14.2 Å². The van der Waals surface area contributed by atoms with Crippen LogP contribution in [0.1, 0.15) is 0 Å². The van der Waals surface area contributed by atoms with Crippen molar-refractivity contribution in [1.29, 1.82) is 0 Å². The quantitative estimate of drug-likeness (QED) is 0.289. The van der Waals surface area contributed by atoms with E-state index in [9.17, 15) is 0 Å². The Morgan fingerprint density at radius 1 is 0.333 bits per heavy atom. The largest absolute Gasteiger partial charge is 0.457 e. The van der Waals surface area contributed by atoms with Gasteiger partial charge >= 0.3 is 0 Å². The molecule has 0 N–H and O–H groups in total. The SMILES string of the molecule is CN(C)c1ccc(Oc2ccc(Oc3ccc(Oc4ccc(N(C)C)cc4)cc3)cc2)cc1. The summed E-state index contributed by atoms with van der Waals surface area (Å²) in [5.41, 5.74) is 2.26. The molecule has 0 amide bonds. The van der Waals surface area contributed by atoms with Gasteiger partial charge in [-0.15, -0.1) is 0 Å². The Morgan fingerprint density at radius 3 is 0.697 bits per heavy atom. The van der Waals surface area contributed by atoms with Gasteiger partial charge in [-0.05, 0) is 97.1 Å². The summed E-state index contributed by atoms with van der Waals surface area (Å²) in [5.74, 6) is 4.56. The van der Waals surface area contributed by atoms with Crippen LogP contribution >= 0.6 is 0 Å². The second-order valence-corrected chi connectivity index (χ2v) is 8.03. The topological polar surface area (TPSA) is 34.2 Å². The van der Waals surface area contributed by atoms with Crippen LogP contribution in [0.3, 0.4) is 0 Å². The number of nitrogens with zero attached hydrogens (tertiary/aromatic N) is 2. The molecule has 4 rings (SSSR count). The maximum atomic E-state index is 5.95. The van der Waals surface area contributed by atoms with Crippen molar-refractivity contribution in [2.75, 3.05) is 38.0 Å². The maximum absolute atomic E-state index is 5.95. The van der Waals surface area contributed by atoms with Crippen LogP contribution in [0.15, 0.2) is 97.1 Å². The second kappa shape index (κ2) is 10.0. The minimum Gasteiger partial charge on any atom is -0.457 e. The molecule has 0 fully saturated rings. The fourth-order valence-electron chi connectivity index (χ4n) is 3.18. The van der Waals surface area contributed by atoms with Gasteiger partial charge in [0.15, 0.2) is 0 Å². The number of anilines is 2. The van der Waals surface area contributed by atoms with Crippen molar-refractivity contribution in [1.82, 2.24) is 0 Å². The molecule has 33 heavy (non-hydrogen) atoms.